The van der Waals surface area contributed by atoms with Crippen molar-refractivity contribution >= 4 is 11.8 Å². The first kappa shape index (κ1) is 21.2. The van der Waals surface area contributed by atoms with E-state index in [-0.39, 0.29) is 31.1 Å². The molecule has 0 saturated heterocycles. The quantitative estimate of drug-likeness (QED) is 0.277. The number of nitrogens with zero attached hydrogens (tertiary/aromatic N) is 1. The maximum atomic E-state index is 12.0. The Morgan fingerprint density at radius 3 is 2.39 bits per heavy atom. The van der Waals surface area contributed by atoms with Crippen LogP contribution >= 0.6 is 0 Å². The van der Waals surface area contributed by atoms with Crippen LogP contribution in [0.1, 0.15) is 12.8 Å². The predicted octanol–water partition coefficient (Wildman–Crippen LogP) is -2.92. The molecule has 3 radical (unpaired) electrons. The van der Waals surface area contributed by atoms with E-state index in [2.05, 4.69) is 5.32 Å². The van der Waals surface area contributed by atoms with E-state index in [0.29, 0.717) is 0 Å². The van der Waals surface area contributed by atoms with Crippen LogP contribution < -0.4 is 17.2 Å². The highest BCUT2D eigenvalue weighted by molar-refractivity contribution is 5.96. The highest BCUT2D eigenvalue weighted by Crippen LogP contribution is 2.36. The van der Waals surface area contributed by atoms with Crippen molar-refractivity contribution in [3.05, 3.63) is 23.8 Å². The number of allylic oxidation sites excluding steroid dienone is 2. The third kappa shape index (κ3) is 5.73. The molecular weight excluding hydrogens is 306 g/mol. The molecule has 129 valence electrons. The lowest BCUT2D eigenvalue weighted by Gasteiger charge is -2.31. The fourth-order valence-corrected chi connectivity index (χ4v) is 2.25. The first-order chi connectivity index (χ1) is 10.3. The van der Waals surface area contributed by atoms with Crippen LogP contribution in [-0.4, -0.2) is 64.2 Å². The van der Waals surface area contributed by atoms with E-state index in [0.717, 1.165) is 0 Å². The van der Waals surface area contributed by atoms with Gasteiger partial charge in [0.05, 0.1) is 30.8 Å². The summed E-state index contributed by atoms with van der Waals surface area (Å²) in [6.45, 7) is -1.12. The largest absolute Gasteiger partial charge is 0.394 e. The molecule has 0 aliphatic heterocycles. The van der Waals surface area contributed by atoms with Crippen molar-refractivity contribution in [1.29, 1.82) is 0 Å². The summed E-state index contributed by atoms with van der Waals surface area (Å²) in [5.74, 6) is -1.20. The molecule has 23 heavy (non-hydrogen) atoms. The molecule has 0 aromatic heterocycles. The van der Waals surface area contributed by atoms with Crippen molar-refractivity contribution in [2.75, 3.05) is 19.8 Å². The van der Waals surface area contributed by atoms with Gasteiger partial charge in [-0.05, 0) is 12.8 Å². The molecule has 1 aliphatic rings. The number of primary amides is 1. The van der Waals surface area contributed by atoms with Crippen molar-refractivity contribution < 1.29 is 30.0 Å². The number of nitrogens with two attached hydrogens (primary N) is 1. The van der Waals surface area contributed by atoms with Crippen molar-refractivity contribution in [3.8, 4) is 0 Å². The average Bonchev–Trinajstić information content (AvgIpc) is 2.51. The molecule has 0 aromatic carbocycles. The van der Waals surface area contributed by atoms with E-state index >= 15 is 0 Å². The number of carbonyl (C=O) groups is 2. The summed E-state index contributed by atoms with van der Waals surface area (Å²) in [6, 6.07) is 0. The lowest BCUT2D eigenvalue weighted by molar-refractivity contribution is -0.127. The average molecular weight is 328 g/mol. The number of amides is 2. The molecule has 0 fully saturated rings. The van der Waals surface area contributed by atoms with Gasteiger partial charge in [0.1, 0.15) is 0 Å². The molecule has 3 atom stereocenters. The van der Waals surface area contributed by atoms with Crippen LogP contribution in [0.4, 0.5) is 0 Å². The summed E-state index contributed by atoms with van der Waals surface area (Å²) in [5.41, 5.74) is 4.41. The van der Waals surface area contributed by atoms with E-state index in [9.17, 15) is 19.8 Å². The first-order valence-electron chi connectivity index (χ1n) is 6.89. The molecule has 0 saturated carbocycles. The Kier molecular flexibility index (Phi) is 8.65. The third-order valence-corrected chi connectivity index (χ3v) is 3.52. The summed E-state index contributed by atoms with van der Waals surface area (Å²) in [4.78, 5) is 23.8. The van der Waals surface area contributed by atoms with Gasteiger partial charge in [0.15, 0.2) is 0 Å². The van der Waals surface area contributed by atoms with E-state index in [4.69, 9.17) is 15.9 Å². The SMILES string of the molecule is NC(=O)C1(CC(O)CO)C=CC=C(C(=O)NCC(O)CO)C1.[N]. The minimum atomic E-state index is -1.25. The lowest BCUT2D eigenvalue weighted by Crippen LogP contribution is -2.42. The highest BCUT2D eigenvalue weighted by atomic mass is 16.3. The fraction of sp³-hybridized carbons (Fsp3) is 0.571. The van der Waals surface area contributed by atoms with Gasteiger partial charge >= 0.3 is 0 Å². The van der Waals surface area contributed by atoms with E-state index in [1.54, 1.807) is 0 Å². The molecule has 0 spiro atoms. The number of hydrogen-bond donors (Lipinski definition) is 6. The standard InChI is InChI=1S/C14H22N2O6.N/c15-13(22)14(5-10(19)7-17)3-1-2-9(4-14)12(21)16-6-11(20)8-18;/h1-3,10-11,17-20H,4-8H2,(H2,15,22)(H,16,21);. The van der Waals surface area contributed by atoms with Gasteiger partial charge in [0, 0.05) is 18.3 Å². The zero-order chi connectivity index (χ0) is 16.8. The van der Waals surface area contributed by atoms with Crippen LogP contribution in [0.25, 0.3) is 0 Å². The smallest absolute Gasteiger partial charge is 0.247 e. The van der Waals surface area contributed by atoms with Crippen LogP contribution in [0.3, 0.4) is 0 Å². The molecule has 0 bridgehead atoms. The number of hydrogen-bond acceptors (Lipinski definition) is 6. The molecule has 1 rings (SSSR count). The van der Waals surface area contributed by atoms with Crippen LogP contribution in [0.5, 0.6) is 0 Å². The maximum absolute atomic E-state index is 12.0. The van der Waals surface area contributed by atoms with Crippen molar-refractivity contribution in [2.24, 2.45) is 11.1 Å². The van der Waals surface area contributed by atoms with Gasteiger partial charge in [0.2, 0.25) is 11.8 Å². The normalized spacial score (nSPS) is 22.5. The highest BCUT2D eigenvalue weighted by Gasteiger charge is 2.39. The van der Waals surface area contributed by atoms with Crippen molar-refractivity contribution in [1.82, 2.24) is 11.5 Å². The van der Waals surface area contributed by atoms with Gasteiger partial charge in [0.25, 0.3) is 0 Å². The number of rotatable bonds is 8. The summed E-state index contributed by atoms with van der Waals surface area (Å²) in [7, 11) is 0. The molecule has 9 heteroatoms. The minimum absolute atomic E-state index is 0. The summed E-state index contributed by atoms with van der Waals surface area (Å²) < 4.78 is 0. The molecule has 7 N–H and O–H groups in total. The van der Waals surface area contributed by atoms with Gasteiger partial charge in [-0.1, -0.05) is 18.2 Å². The van der Waals surface area contributed by atoms with Gasteiger partial charge in [-0.25, -0.2) is 0 Å². The second kappa shape index (κ2) is 9.38. The van der Waals surface area contributed by atoms with E-state index in [1.807, 2.05) is 0 Å². The molecular formula is C14H22N3O6. The monoisotopic (exact) mass is 328 g/mol. The van der Waals surface area contributed by atoms with Crippen LogP contribution in [-0.2, 0) is 9.59 Å². The molecule has 1 aliphatic carbocycles. The minimum Gasteiger partial charge on any atom is -0.394 e. The lowest BCUT2D eigenvalue weighted by atomic mass is 9.73. The van der Waals surface area contributed by atoms with Gasteiger partial charge < -0.3 is 31.5 Å². The Morgan fingerprint density at radius 1 is 1.26 bits per heavy atom. The number of carbonyl (C=O) groups excluding carboxylic acids is 2. The van der Waals surface area contributed by atoms with Gasteiger partial charge in [-0.15, -0.1) is 0 Å². The third-order valence-electron chi connectivity index (χ3n) is 3.52. The second-order valence-electron chi connectivity index (χ2n) is 5.34. The molecule has 2 amide bonds. The Hall–Kier alpha value is -1.78. The van der Waals surface area contributed by atoms with Crippen molar-refractivity contribution in [3.63, 3.8) is 0 Å². The molecule has 0 aromatic rings. The van der Waals surface area contributed by atoms with Crippen LogP contribution in [0.15, 0.2) is 23.8 Å². The molecule has 0 heterocycles. The molecule has 3 unspecified atom stereocenters. The summed E-state index contributed by atoms with van der Waals surface area (Å²) in [6.07, 6.45) is 2.20. The number of nitrogens with one attached hydrogen (secondary N) is 1. The van der Waals surface area contributed by atoms with E-state index in [1.165, 1.54) is 18.2 Å². The van der Waals surface area contributed by atoms with Crippen molar-refractivity contribution in [2.45, 2.75) is 25.0 Å². The topological polar surface area (TPSA) is 184 Å². The molecule has 9 nitrogen and oxygen atoms in total. The van der Waals surface area contributed by atoms with E-state index < -0.39 is 42.7 Å². The summed E-state index contributed by atoms with van der Waals surface area (Å²) in [5, 5.41) is 38.9. The first-order valence-corrected chi connectivity index (χ1v) is 6.89. The Labute approximate surface area is 134 Å². The van der Waals surface area contributed by atoms with Gasteiger partial charge in [-0.3, -0.25) is 9.59 Å². The Bertz CT molecular complexity index is 479. The number of aliphatic hydroxyl groups is 4. The van der Waals surface area contributed by atoms with Crippen LogP contribution in [0, 0.1) is 5.41 Å². The zero-order valence-corrected chi connectivity index (χ0v) is 12.6. The predicted molar refractivity (Wildman–Crippen MR) is 79.4 cm³/mol. The van der Waals surface area contributed by atoms with Crippen LogP contribution in [0.2, 0.25) is 0 Å². The zero-order valence-electron chi connectivity index (χ0n) is 12.6. The Morgan fingerprint density at radius 2 is 1.87 bits per heavy atom. The number of aliphatic hydroxyl groups excluding tert-OH is 4. The Balaban J connectivity index is 0.00000484. The second-order valence-corrected chi connectivity index (χ2v) is 5.34. The fourth-order valence-electron chi connectivity index (χ4n) is 2.25. The maximum Gasteiger partial charge on any atom is 0.247 e. The van der Waals surface area contributed by atoms with Gasteiger partial charge in [-0.2, -0.15) is 0 Å². The summed E-state index contributed by atoms with van der Waals surface area (Å²) >= 11 is 0.